The molecule has 0 unspecified atom stereocenters. The second-order valence-corrected chi connectivity index (χ2v) is 5.00. The zero-order valence-electron chi connectivity index (χ0n) is 10.8. The van der Waals surface area contributed by atoms with Crippen LogP contribution in [0, 0.1) is 0 Å². The van der Waals surface area contributed by atoms with Gasteiger partial charge in [0.25, 0.3) is 0 Å². The van der Waals surface area contributed by atoms with Gasteiger partial charge in [-0.3, -0.25) is 4.79 Å². The molecule has 0 radical (unpaired) electrons. The van der Waals surface area contributed by atoms with Crippen molar-refractivity contribution in [3.8, 4) is 0 Å². The molecular weight excluding hydrogens is 262 g/mol. The molecule has 4 nitrogen and oxygen atoms in total. The topological polar surface area (TPSA) is 58.7 Å². The highest BCUT2D eigenvalue weighted by Gasteiger charge is 2.20. The van der Waals surface area contributed by atoms with Crippen molar-refractivity contribution in [3.63, 3.8) is 0 Å². The van der Waals surface area contributed by atoms with E-state index in [0.717, 1.165) is 30.5 Å². The molecule has 1 heterocycles. The van der Waals surface area contributed by atoms with Crippen molar-refractivity contribution in [2.75, 3.05) is 11.6 Å². The molecule has 0 aliphatic carbocycles. The van der Waals surface area contributed by atoms with Gasteiger partial charge >= 0.3 is 0 Å². The Morgan fingerprint density at radius 1 is 1.37 bits per heavy atom. The smallest absolute Gasteiger partial charge is 0.247 e. The van der Waals surface area contributed by atoms with Crippen LogP contribution >= 0.6 is 11.6 Å². The second-order valence-electron chi connectivity index (χ2n) is 4.56. The highest BCUT2D eigenvalue weighted by molar-refractivity contribution is 6.31. The Balaban J connectivity index is 2.26. The highest BCUT2D eigenvalue weighted by atomic mass is 35.5. The first-order valence-corrected chi connectivity index (χ1v) is 6.94. The van der Waals surface area contributed by atoms with Crippen molar-refractivity contribution in [2.45, 2.75) is 32.1 Å². The minimum Gasteiger partial charge on any atom is -0.330 e. The van der Waals surface area contributed by atoms with E-state index in [9.17, 15) is 4.79 Å². The van der Waals surface area contributed by atoms with Gasteiger partial charge in [-0.2, -0.15) is 5.10 Å². The van der Waals surface area contributed by atoms with E-state index in [1.54, 1.807) is 12.3 Å². The summed E-state index contributed by atoms with van der Waals surface area (Å²) in [5.74, 6) is 0.0184. The molecule has 19 heavy (non-hydrogen) atoms. The number of nitrogens with zero attached hydrogens (tertiary/aromatic N) is 2. The van der Waals surface area contributed by atoms with Gasteiger partial charge < -0.3 is 5.73 Å². The summed E-state index contributed by atoms with van der Waals surface area (Å²) in [6, 6.07) is 5.62. The Bertz CT molecular complexity index is 488. The van der Waals surface area contributed by atoms with Crippen LogP contribution in [-0.4, -0.2) is 18.7 Å². The van der Waals surface area contributed by atoms with E-state index in [1.165, 1.54) is 5.01 Å². The Labute approximate surface area is 118 Å². The van der Waals surface area contributed by atoms with Crippen LogP contribution in [0.25, 0.3) is 0 Å². The van der Waals surface area contributed by atoms with E-state index in [1.807, 2.05) is 12.1 Å². The molecule has 0 spiro atoms. The Morgan fingerprint density at radius 3 is 2.95 bits per heavy atom. The summed E-state index contributed by atoms with van der Waals surface area (Å²) in [6.07, 6.45) is 5.82. The summed E-state index contributed by atoms with van der Waals surface area (Å²) in [4.78, 5) is 11.9. The van der Waals surface area contributed by atoms with Crippen LogP contribution in [-0.2, 0) is 11.2 Å². The maximum Gasteiger partial charge on any atom is 0.247 e. The zero-order chi connectivity index (χ0) is 13.7. The molecule has 0 atom stereocenters. The predicted molar refractivity (Wildman–Crippen MR) is 78.7 cm³/mol. The number of unbranched alkanes of at least 4 members (excludes halogenated alkanes) is 1. The van der Waals surface area contributed by atoms with Crippen LogP contribution in [0.5, 0.6) is 0 Å². The second kappa shape index (κ2) is 6.68. The van der Waals surface area contributed by atoms with E-state index >= 15 is 0 Å². The van der Waals surface area contributed by atoms with Crippen molar-refractivity contribution in [1.82, 2.24) is 0 Å². The lowest BCUT2D eigenvalue weighted by Gasteiger charge is -2.23. The minimum absolute atomic E-state index is 0.0184. The van der Waals surface area contributed by atoms with Crippen LogP contribution in [0.1, 0.15) is 31.2 Å². The summed E-state index contributed by atoms with van der Waals surface area (Å²) in [7, 11) is 0. The van der Waals surface area contributed by atoms with E-state index in [2.05, 4.69) is 5.10 Å². The summed E-state index contributed by atoms with van der Waals surface area (Å²) in [6.45, 7) is 0.684. The number of hydrazone groups is 1. The van der Waals surface area contributed by atoms with Crippen molar-refractivity contribution in [1.29, 1.82) is 0 Å². The number of nitrogens with two attached hydrogens (primary N) is 1. The number of carbonyl (C=O) groups is 1. The third kappa shape index (κ3) is 3.55. The lowest BCUT2D eigenvalue weighted by molar-refractivity contribution is -0.118. The lowest BCUT2D eigenvalue weighted by atomic mass is 10.1. The quantitative estimate of drug-likeness (QED) is 0.843. The predicted octanol–water partition coefficient (Wildman–Crippen LogP) is 2.73. The molecule has 2 N–H and O–H groups in total. The molecule has 0 saturated carbocycles. The maximum atomic E-state index is 11.9. The van der Waals surface area contributed by atoms with Crippen LogP contribution in [0.2, 0.25) is 5.02 Å². The van der Waals surface area contributed by atoms with Crippen molar-refractivity contribution in [3.05, 3.63) is 28.8 Å². The number of halogens is 1. The fraction of sp³-hybridized carbons (Fsp3) is 0.429. The van der Waals surface area contributed by atoms with E-state index in [0.29, 0.717) is 24.4 Å². The number of hydrogen-bond acceptors (Lipinski definition) is 3. The number of benzene rings is 1. The fourth-order valence-corrected chi connectivity index (χ4v) is 2.27. The molecule has 0 bridgehead atoms. The van der Waals surface area contributed by atoms with Crippen molar-refractivity contribution >= 4 is 29.4 Å². The van der Waals surface area contributed by atoms with Gasteiger partial charge in [0.15, 0.2) is 0 Å². The minimum atomic E-state index is 0.0184. The fourth-order valence-electron chi connectivity index (χ4n) is 2.10. The van der Waals surface area contributed by atoms with Crippen LogP contribution < -0.4 is 10.7 Å². The molecule has 1 aromatic rings. The van der Waals surface area contributed by atoms with Gasteiger partial charge in [0.05, 0.1) is 5.69 Å². The molecule has 1 aromatic carbocycles. The van der Waals surface area contributed by atoms with Crippen LogP contribution in [0.3, 0.4) is 0 Å². The number of carbonyl (C=O) groups excluding carboxylic acids is 1. The normalized spacial score (nSPS) is 15.1. The standard InChI is InChI=1S/C14H18ClN3O/c15-12-7-6-11(4-1-2-8-16)13(10-12)18-14(19)5-3-9-17-18/h6-7,9-10H,1-5,8,16H2. The van der Waals surface area contributed by atoms with Gasteiger partial charge in [-0.1, -0.05) is 17.7 Å². The molecule has 5 heteroatoms. The summed E-state index contributed by atoms with van der Waals surface area (Å²) in [5.41, 5.74) is 7.40. The van der Waals surface area contributed by atoms with Crippen molar-refractivity contribution in [2.24, 2.45) is 10.8 Å². The molecule has 102 valence electrons. The largest absolute Gasteiger partial charge is 0.330 e. The number of hydrogen-bond donors (Lipinski definition) is 1. The third-order valence-electron chi connectivity index (χ3n) is 3.10. The highest BCUT2D eigenvalue weighted by Crippen LogP contribution is 2.28. The van der Waals surface area contributed by atoms with Gasteiger partial charge in [-0.05, 0) is 49.9 Å². The first-order chi connectivity index (χ1) is 9.22. The van der Waals surface area contributed by atoms with Gasteiger partial charge in [-0.25, -0.2) is 5.01 Å². The van der Waals surface area contributed by atoms with Gasteiger partial charge in [0.1, 0.15) is 0 Å². The number of amides is 1. The molecule has 1 aliphatic heterocycles. The SMILES string of the molecule is NCCCCc1ccc(Cl)cc1N1N=CCCC1=O. The average Bonchev–Trinajstić information content (AvgIpc) is 2.41. The molecule has 2 rings (SSSR count). The number of rotatable bonds is 5. The first kappa shape index (κ1) is 14.0. The molecule has 0 saturated heterocycles. The van der Waals surface area contributed by atoms with Crippen LogP contribution in [0.4, 0.5) is 5.69 Å². The number of aryl methyl sites for hydroxylation is 1. The summed E-state index contributed by atoms with van der Waals surface area (Å²) in [5, 5.41) is 6.27. The summed E-state index contributed by atoms with van der Waals surface area (Å²) < 4.78 is 0. The average molecular weight is 280 g/mol. The Morgan fingerprint density at radius 2 is 2.21 bits per heavy atom. The maximum absolute atomic E-state index is 11.9. The Kier molecular flexibility index (Phi) is 4.93. The van der Waals surface area contributed by atoms with Crippen LogP contribution in [0.15, 0.2) is 23.3 Å². The Hall–Kier alpha value is -1.39. The van der Waals surface area contributed by atoms with E-state index < -0.39 is 0 Å². The molecule has 1 amide bonds. The monoisotopic (exact) mass is 279 g/mol. The molecular formula is C14H18ClN3O. The molecule has 1 aliphatic rings. The lowest BCUT2D eigenvalue weighted by Crippen LogP contribution is -2.29. The zero-order valence-corrected chi connectivity index (χ0v) is 11.6. The van der Waals surface area contributed by atoms with Gasteiger partial charge in [-0.15, -0.1) is 0 Å². The first-order valence-electron chi connectivity index (χ1n) is 6.56. The van der Waals surface area contributed by atoms with E-state index in [-0.39, 0.29) is 5.91 Å². The van der Waals surface area contributed by atoms with E-state index in [4.69, 9.17) is 17.3 Å². The number of anilines is 1. The van der Waals surface area contributed by atoms with Gasteiger partial charge in [0.2, 0.25) is 5.91 Å². The third-order valence-corrected chi connectivity index (χ3v) is 3.33. The summed E-state index contributed by atoms with van der Waals surface area (Å²) >= 11 is 6.04. The molecule has 0 aromatic heterocycles. The molecule has 0 fully saturated rings. The van der Waals surface area contributed by atoms with Crippen molar-refractivity contribution < 1.29 is 4.79 Å². The van der Waals surface area contributed by atoms with Gasteiger partial charge in [0, 0.05) is 17.7 Å².